The van der Waals surface area contributed by atoms with Gasteiger partial charge in [0.2, 0.25) is 0 Å². The fourth-order valence-electron chi connectivity index (χ4n) is 3.07. The summed E-state index contributed by atoms with van der Waals surface area (Å²) < 4.78 is 16.0. The smallest absolute Gasteiger partial charge is 0.324 e. The normalized spacial score (nSPS) is 13.2. The van der Waals surface area contributed by atoms with Crippen molar-refractivity contribution in [2.24, 2.45) is 0 Å². The summed E-state index contributed by atoms with van der Waals surface area (Å²) in [7, 11) is 3.21. The first-order chi connectivity index (χ1) is 13.2. The number of hydrogen-bond acceptors (Lipinski definition) is 6. The number of carbonyl (C=O) groups excluding carboxylic acids is 1. The monoisotopic (exact) mass is 369 g/mol. The van der Waals surface area contributed by atoms with Crippen molar-refractivity contribution < 1.29 is 18.7 Å². The Morgan fingerprint density at radius 1 is 1.26 bits per heavy atom. The molecule has 0 radical (unpaired) electrons. The number of ether oxygens (including phenoxy) is 2. The van der Waals surface area contributed by atoms with Crippen LogP contribution in [0.5, 0.6) is 11.5 Å². The van der Waals surface area contributed by atoms with Crippen molar-refractivity contribution in [2.75, 3.05) is 26.1 Å². The predicted octanol–water partition coefficient (Wildman–Crippen LogP) is 2.67. The molecule has 0 bridgehead atoms. The Labute approximate surface area is 155 Å². The molecule has 0 saturated heterocycles. The van der Waals surface area contributed by atoms with Gasteiger partial charge in [0.05, 0.1) is 20.5 Å². The van der Waals surface area contributed by atoms with Gasteiger partial charge in [0.25, 0.3) is 5.95 Å². The summed E-state index contributed by atoms with van der Waals surface area (Å²) in [5, 5.41) is 9.46. The van der Waals surface area contributed by atoms with Gasteiger partial charge in [-0.2, -0.15) is 4.98 Å². The molecule has 3 heterocycles. The number of aromatic amines is 1. The minimum atomic E-state index is -0.263. The molecule has 9 nitrogen and oxygen atoms in total. The molecule has 1 aromatic carbocycles. The van der Waals surface area contributed by atoms with Gasteiger partial charge in [0, 0.05) is 13.1 Å². The summed E-state index contributed by atoms with van der Waals surface area (Å²) in [5.74, 6) is 2.55. The minimum absolute atomic E-state index is 0.199. The molecule has 140 valence electrons. The molecule has 2 aromatic heterocycles. The fraction of sp³-hybridized carbons (Fsp3) is 0.278. The highest BCUT2D eigenvalue weighted by molar-refractivity contribution is 5.87. The molecule has 2 N–H and O–H groups in total. The van der Waals surface area contributed by atoms with E-state index >= 15 is 0 Å². The molecule has 3 aromatic rings. The summed E-state index contributed by atoms with van der Waals surface area (Å²) in [6.07, 6.45) is 2.28. The Balaban J connectivity index is 1.46. The van der Waals surface area contributed by atoms with Gasteiger partial charge in [-0.05, 0) is 41.8 Å². The topological polar surface area (TPSA) is 106 Å². The van der Waals surface area contributed by atoms with E-state index in [2.05, 4.69) is 20.5 Å². The van der Waals surface area contributed by atoms with Crippen molar-refractivity contribution in [3.63, 3.8) is 0 Å². The second-order valence-corrected chi connectivity index (χ2v) is 6.06. The largest absolute Gasteiger partial charge is 0.493 e. The number of methoxy groups -OCH3 is 2. The van der Waals surface area contributed by atoms with Crippen LogP contribution in [0, 0.1) is 0 Å². The molecule has 0 unspecified atom stereocenters. The predicted molar refractivity (Wildman–Crippen MR) is 96.8 cm³/mol. The van der Waals surface area contributed by atoms with Crippen molar-refractivity contribution in [2.45, 2.75) is 13.0 Å². The molecule has 1 aliphatic heterocycles. The van der Waals surface area contributed by atoms with Crippen molar-refractivity contribution in [3.05, 3.63) is 41.7 Å². The average molecular weight is 369 g/mol. The Hall–Kier alpha value is -3.49. The second-order valence-electron chi connectivity index (χ2n) is 6.06. The highest BCUT2D eigenvalue weighted by Crippen LogP contribution is 2.33. The Bertz CT molecular complexity index is 951. The minimum Gasteiger partial charge on any atom is -0.493 e. The first kappa shape index (κ1) is 17.0. The van der Waals surface area contributed by atoms with E-state index in [9.17, 15) is 4.79 Å². The Morgan fingerprint density at radius 2 is 2.04 bits per heavy atom. The number of furan rings is 1. The quantitative estimate of drug-likeness (QED) is 0.732. The lowest BCUT2D eigenvalue weighted by atomic mass is 9.99. The van der Waals surface area contributed by atoms with E-state index in [0.29, 0.717) is 36.2 Å². The number of amides is 2. The third-order valence-electron chi connectivity index (χ3n) is 4.46. The van der Waals surface area contributed by atoms with Crippen LogP contribution >= 0.6 is 0 Å². The van der Waals surface area contributed by atoms with Crippen molar-refractivity contribution >= 4 is 12.0 Å². The van der Waals surface area contributed by atoms with E-state index < -0.39 is 0 Å². The molecular weight excluding hydrogens is 350 g/mol. The second kappa shape index (κ2) is 7.02. The zero-order valence-electron chi connectivity index (χ0n) is 15.0. The van der Waals surface area contributed by atoms with Gasteiger partial charge in [-0.15, -0.1) is 5.10 Å². The van der Waals surface area contributed by atoms with Gasteiger partial charge in [-0.25, -0.2) is 4.79 Å². The van der Waals surface area contributed by atoms with Gasteiger partial charge in [-0.1, -0.05) is 0 Å². The number of fused-ring (bicyclic) bond motifs is 1. The summed E-state index contributed by atoms with van der Waals surface area (Å²) in [4.78, 5) is 18.5. The number of nitrogens with zero attached hydrogens (tertiary/aromatic N) is 3. The van der Waals surface area contributed by atoms with Crippen LogP contribution in [0.1, 0.15) is 11.1 Å². The molecule has 0 fully saturated rings. The Morgan fingerprint density at radius 3 is 2.74 bits per heavy atom. The molecule has 0 saturated carbocycles. The van der Waals surface area contributed by atoms with Crippen LogP contribution in [-0.2, 0) is 13.0 Å². The number of aromatic nitrogens is 3. The van der Waals surface area contributed by atoms with Crippen molar-refractivity contribution in [3.8, 4) is 23.1 Å². The number of H-pyrrole nitrogens is 1. The van der Waals surface area contributed by atoms with Gasteiger partial charge < -0.3 is 18.8 Å². The molecular formula is C18H19N5O4. The van der Waals surface area contributed by atoms with Gasteiger partial charge in [-0.3, -0.25) is 10.4 Å². The third kappa shape index (κ3) is 3.31. The van der Waals surface area contributed by atoms with Gasteiger partial charge >= 0.3 is 6.03 Å². The van der Waals surface area contributed by atoms with Crippen LogP contribution in [0.15, 0.2) is 34.9 Å². The van der Waals surface area contributed by atoms with E-state index in [1.807, 2.05) is 12.1 Å². The molecule has 0 atom stereocenters. The standard InChI is InChI=1S/C18H19N5O4/c1-25-14-8-11-5-6-23(10-12(11)9-15(14)26-2)18(24)20-17-19-16(21-22-17)13-4-3-7-27-13/h3-4,7-9H,5-6,10H2,1-2H3,(H2,19,20,21,22,24). The molecule has 0 spiro atoms. The van der Waals surface area contributed by atoms with Crippen LogP contribution in [0.3, 0.4) is 0 Å². The van der Waals surface area contributed by atoms with Crippen LogP contribution in [-0.4, -0.2) is 46.9 Å². The molecule has 0 aliphatic carbocycles. The average Bonchev–Trinajstić information content (AvgIpc) is 3.38. The number of hydrogen-bond donors (Lipinski definition) is 2. The number of urea groups is 1. The third-order valence-corrected chi connectivity index (χ3v) is 4.46. The lowest BCUT2D eigenvalue weighted by Gasteiger charge is -2.29. The number of benzene rings is 1. The van der Waals surface area contributed by atoms with Gasteiger partial charge in [0.1, 0.15) is 0 Å². The maximum atomic E-state index is 12.6. The number of rotatable bonds is 4. The maximum absolute atomic E-state index is 12.6. The SMILES string of the molecule is COc1cc2c(cc1OC)CN(C(=O)Nc1n[nH]c(-c3ccco3)n1)CC2. The number of nitrogens with one attached hydrogen (secondary N) is 2. The number of carbonyl (C=O) groups is 1. The van der Waals surface area contributed by atoms with E-state index in [1.165, 1.54) is 0 Å². The van der Waals surface area contributed by atoms with Gasteiger partial charge in [0.15, 0.2) is 23.1 Å². The van der Waals surface area contributed by atoms with E-state index in [1.54, 1.807) is 37.5 Å². The van der Waals surface area contributed by atoms with E-state index in [-0.39, 0.29) is 12.0 Å². The summed E-state index contributed by atoms with van der Waals surface area (Å²) in [5.41, 5.74) is 2.18. The van der Waals surface area contributed by atoms with Crippen LogP contribution in [0.25, 0.3) is 11.6 Å². The molecule has 9 heteroatoms. The van der Waals surface area contributed by atoms with Crippen LogP contribution in [0.4, 0.5) is 10.7 Å². The Kier molecular flexibility index (Phi) is 4.41. The van der Waals surface area contributed by atoms with Crippen LogP contribution in [0.2, 0.25) is 0 Å². The molecule has 2 amide bonds. The summed E-state index contributed by atoms with van der Waals surface area (Å²) >= 11 is 0. The molecule has 4 rings (SSSR count). The van der Waals surface area contributed by atoms with Crippen molar-refractivity contribution in [1.29, 1.82) is 0 Å². The summed E-state index contributed by atoms with van der Waals surface area (Å²) in [6.45, 7) is 1.06. The number of anilines is 1. The lowest BCUT2D eigenvalue weighted by Crippen LogP contribution is -2.39. The zero-order valence-corrected chi connectivity index (χ0v) is 15.0. The lowest BCUT2D eigenvalue weighted by molar-refractivity contribution is 0.206. The summed E-state index contributed by atoms with van der Waals surface area (Å²) in [6, 6.07) is 7.13. The van der Waals surface area contributed by atoms with Crippen LogP contribution < -0.4 is 14.8 Å². The molecule has 1 aliphatic rings. The highest BCUT2D eigenvalue weighted by Gasteiger charge is 2.24. The van der Waals surface area contributed by atoms with E-state index in [0.717, 1.165) is 17.5 Å². The first-order valence-corrected chi connectivity index (χ1v) is 8.44. The fourth-order valence-corrected chi connectivity index (χ4v) is 3.07. The van der Waals surface area contributed by atoms with Crippen molar-refractivity contribution in [1.82, 2.24) is 20.1 Å². The first-order valence-electron chi connectivity index (χ1n) is 8.44. The highest BCUT2D eigenvalue weighted by atomic mass is 16.5. The molecule has 27 heavy (non-hydrogen) atoms. The van der Waals surface area contributed by atoms with E-state index in [4.69, 9.17) is 13.9 Å². The zero-order chi connectivity index (χ0) is 18.8. The maximum Gasteiger partial charge on any atom is 0.324 e.